The zero-order valence-corrected chi connectivity index (χ0v) is 9.84. The molecule has 1 amide bonds. The Bertz CT molecular complexity index is 345. The van der Waals surface area contributed by atoms with Crippen molar-refractivity contribution in [2.24, 2.45) is 5.92 Å². The number of aromatic nitrogens is 1. The van der Waals surface area contributed by atoms with Crippen molar-refractivity contribution >= 4 is 21.8 Å². The fourth-order valence-electron chi connectivity index (χ4n) is 1.58. The summed E-state index contributed by atoms with van der Waals surface area (Å²) in [6.07, 6.45) is 2.78. The second-order valence-corrected chi connectivity index (χ2v) is 4.59. The zero-order valence-electron chi connectivity index (χ0n) is 8.25. The number of carbonyl (C=O) groups is 1. The molecule has 0 aliphatic carbocycles. The predicted octanol–water partition coefficient (Wildman–Crippen LogP) is 1.54. The molecule has 1 aromatic heterocycles. The third-order valence-electron chi connectivity index (χ3n) is 2.47. The van der Waals surface area contributed by atoms with Crippen molar-refractivity contribution in [2.45, 2.75) is 6.42 Å². The smallest absolute Gasteiger partial charge is 0.267 e. The topological polar surface area (TPSA) is 54.1 Å². The maximum Gasteiger partial charge on any atom is 0.267 e. The van der Waals surface area contributed by atoms with Crippen LogP contribution in [-0.4, -0.2) is 30.6 Å². The molecule has 2 rings (SSSR count). The van der Waals surface area contributed by atoms with Gasteiger partial charge >= 0.3 is 0 Å². The maximum atomic E-state index is 11.6. The third kappa shape index (κ3) is 2.82. The SMILES string of the molecule is O=C(NCC1CCOC1)c1cc(Br)c[nH]1. The molecule has 5 heteroatoms. The molecule has 1 aromatic rings. The number of ether oxygens (including phenoxy) is 1. The van der Waals surface area contributed by atoms with Crippen molar-refractivity contribution in [3.8, 4) is 0 Å². The predicted molar refractivity (Wildman–Crippen MR) is 59.8 cm³/mol. The lowest BCUT2D eigenvalue weighted by atomic mass is 10.1. The summed E-state index contributed by atoms with van der Waals surface area (Å²) in [5.41, 5.74) is 0.584. The lowest BCUT2D eigenvalue weighted by molar-refractivity contribution is 0.0940. The van der Waals surface area contributed by atoms with Crippen LogP contribution in [0, 0.1) is 5.92 Å². The molecular formula is C10H13BrN2O2. The number of carbonyl (C=O) groups excluding carboxylic acids is 1. The van der Waals surface area contributed by atoms with E-state index in [9.17, 15) is 4.79 Å². The van der Waals surface area contributed by atoms with Gasteiger partial charge < -0.3 is 15.0 Å². The molecule has 0 radical (unpaired) electrons. The van der Waals surface area contributed by atoms with Crippen LogP contribution in [0.5, 0.6) is 0 Å². The summed E-state index contributed by atoms with van der Waals surface area (Å²) in [7, 11) is 0. The Balaban J connectivity index is 1.81. The molecule has 2 heterocycles. The molecule has 2 N–H and O–H groups in total. The first-order chi connectivity index (χ1) is 7.25. The van der Waals surface area contributed by atoms with Gasteiger partial charge in [-0.1, -0.05) is 0 Å². The third-order valence-corrected chi connectivity index (χ3v) is 2.93. The Morgan fingerprint density at radius 3 is 3.20 bits per heavy atom. The Labute approximate surface area is 96.5 Å². The highest BCUT2D eigenvalue weighted by molar-refractivity contribution is 9.10. The number of rotatable bonds is 3. The van der Waals surface area contributed by atoms with Gasteiger partial charge in [0.15, 0.2) is 0 Å². The average Bonchev–Trinajstić information content (AvgIpc) is 2.84. The van der Waals surface area contributed by atoms with E-state index in [-0.39, 0.29) is 5.91 Å². The summed E-state index contributed by atoms with van der Waals surface area (Å²) in [5.74, 6) is 0.403. The summed E-state index contributed by atoms with van der Waals surface area (Å²) in [6, 6.07) is 1.76. The number of amides is 1. The van der Waals surface area contributed by atoms with Gasteiger partial charge in [0.1, 0.15) is 5.69 Å². The van der Waals surface area contributed by atoms with Gasteiger partial charge in [-0.3, -0.25) is 4.79 Å². The Hall–Kier alpha value is -0.810. The summed E-state index contributed by atoms with van der Waals surface area (Å²) in [6.45, 7) is 2.26. The molecule has 0 bridgehead atoms. The van der Waals surface area contributed by atoms with Crippen molar-refractivity contribution in [3.05, 3.63) is 22.4 Å². The van der Waals surface area contributed by atoms with E-state index in [1.807, 2.05) is 0 Å². The molecule has 15 heavy (non-hydrogen) atoms. The van der Waals surface area contributed by atoms with Crippen molar-refractivity contribution < 1.29 is 9.53 Å². The minimum absolute atomic E-state index is 0.0624. The standard InChI is InChI=1S/C10H13BrN2O2/c11-8-3-9(12-5-8)10(14)13-4-7-1-2-15-6-7/h3,5,7,12H,1-2,4,6H2,(H,13,14). The molecule has 1 saturated heterocycles. The number of aromatic amines is 1. The second-order valence-electron chi connectivity index (χ2n) is 3.67. The van der Waals surface area contributed by atoms with Gasteiger partial charge in [0.2, 0.25) is 0 Å². The molecule has 1 atom stereocenters. The zero-order chi connectivity index (χ0) is 10.7. The number of hydrogen-bond acceptors (Lipinski definition) is 2. The van der Waals surface area contributed by atoms with Crippen molar-refractivity contribution in [1.82, 2.24) is 10.3 Å². The highest BCUT2D eigenvalue weighted by atomic mass is 79.9. The molecule has 82 valence electrons. The minimum atomic E-state index is -0.0624. The van der Waals surface area contributed by atoms with Crippen molar-refractivity contribution in [3.63, 3.8) is 0 Å². The van der Waals surface area contributed by atoms with Crippen LogP contribution in [0.15, 0.2) is 16.7 Å². The van der Waals surface area contributed by atoms with E-state index in [1.54, 1.807) is 12.3 Å². The van der Waals surface area contributed by atoms with Gasteiger partial charge in [0.25, 0.3) is 5.91 Å². The fourth-order valence-corrected chi connectivity index (χ4v) is 1.92. The van der Waals surface area contributed by atoms with Gasteiger partial charge in [0, 0.05) is 29.7 Å². The number of nitrogens with one attached hydrogen (secondary N) is 2. The second kappa shape index (κ2) is 4.81. The average molecular weight is 273 g/mol. The lowest BCUT2D eigenvalue weighted by Gasteiger charge is -2.08. The molecular weight excluding hydrogens is 260 g/mol. The number of H-pyrrole nitrogens is 1. The van der Waals surface area contributed by atoms with Crippen LogP contribution in [0.4, 0.5) is 0 Å². The largest absolute Gasteiger partial charge is 0.381 e. The first kappa shape index (κ1) is 10.7. The molecule has 0 spiro atoms. The van der Waals surface area contributed by atoms with Gasteiger partial charge in [-0.25, -0.2) is 0 Å². The lowest BCUT2D eigenvalue weighted by Crippen LogP contribution is -2.29. The summed E-state index contributed by atoms with van der Waals surface area (Å²) in [5, 5.41) is 2.88. The minimum Gasteiger partial charge on any atom is -0.381 e. The van der Waals surface area contributed by atoms with Crippen LogP contribution >= 0.6 is 15.9 Å². The van der Waals surface area contributed by atoms with E-state index in [2.05, 4.69) is 26.2 Å². The van der Waals surface area contributed by atoms with E-state index >= 15 is 0 Å². The van der Waals surface area contributed by atoms with E-state index in [0.717, 1.165) is 24.1 Å². The van der Waals surface area contributed by atoms with E-state index in [4.69, 9.17) is 4.74 Å². The molecule has 1 aliphatic heterocycles. The molecule has 0 aromatic carbocycles. The van der Waals surface area contributed by atoms with Crippen LogP contribution in [-0.2, 0) is 4.74 Å². The summed E-state index contributed by atoms with van der Waals surface area (Å²) < 4.78 is 6.12. The Morgan fingerprint density at radius 2 is 2.60 bits per heavy atom. The monoisotopic (exact) mass is 272 g/mol. The maximum absolute atomic E-state index is 11.6. The van der Waals surface area contributed by atoms with Crippen molar-refractivity contribution in [1.29, 1.82) is 0 Å². The van der Waals surface area contributed by atoms with E-state index in [0.29, 0.717) is 18.2 Å². The summed E-state index contributed by atoms with van der Waals surface area (Å²) >= 11 is 3.29. The Morgan fingerprint density at radius 1 is 1.73 bits per heavy atom. The normalized spacial score (nSPS) is 20.5. The summed E-state index contributed by atoms with van der Waals surface area (Å²) in [4.78, 5) is 14.5. The van der Waals surface area contributed by atoms with E-state index in [1.165, 1.54) is 0 Å². The quantitative estimate of drug-likeness (QED) is 0.877. The van der Waals surface area contributed by atoms with Crippen LogP contribution < -0.4 is 5.32 Å². The van der Waals surface area contributed by atoms with Crippen LogP contribution in [0.1, 0.15) is 16.9 Å². The van der Waals surface area contributed by atoms with Gasteiger partial charge in [0.05, 0.1) is 6.61 Å². The highest BCUT2D eigenvalue weighted by Crippen LogP contribution is 2.12. The highest BCUT2D eigenvalue weighted by Gasteiger charge is 2.17. The molecule has 1 unspecified atom stereocenters. The Kier molecular flexibility index (Phi) is 3.43. The van der Waals surface area contributed by atoms with Gasteiger partial charge in [-0.2, -0.15) is 0 Å². The fraction of sp³-hybridized carbons (Fsp3) is 0.500. The van der Waals surface area contributed by atoms with Gasteiger partial charge in [-0.05, 0) is 28.4 Å². The van der Waals surface area contributed by atoms with Crippen molar-refractivity contribution in [2.75, 3.05) is 19.8 Å². The van der Waals surface area contributed by atoms with Crippen LogP contribution in [0.25, 0.3) is 0 Å². The van der Waals surface area contributed by atoms with Crippen LogP contribution in [0.3, 0.4) is 0 Å². The number of halogens is 1. The molecule has 1 fully saturated rings. The first-order valence-corrected chi connectivity index (χ1v) is 5.75. The first-order valence-electron chi connectivity index (χ1n) is 4.95. The molecule has 4 nitrogen and oxygen atoms in total. The van der Waals surface area contributed by atoms with Gasteiger partial charge in [-0.15, -0.1) is 0 Å². The van der Waals surface area contributed by atoms with Crippen LogP contribution in [0.2, 0.25) is 0 Å². The molecule has 1 aliphatic rings. The van der Waals surface area contributed by atoms with E-state index < -0.39 is 0 Å². The number of hydrogen-bond donors (Lipinski definition) is 2. The molecule has 0 saturated carbocycles.